The molecule has 0 aliphatic rings. The van der Waals surface area contributed by atoms with Crippen LogP contribution >= 0.6 is 15.9 Å². The largest absolute Gasteiger partial charge is 0.383 e. The van der Waals surface area contributed by atoms with Crippen LogP contribution in [-0.2, 0) is 9.53 Å². The molecule has 0 fully saturated rings. The van der Waals surface area contributed by atoms with Crippen molar-refractivity contribution in [3.05, 3.63) is 16.9 Å². The fourth-order valence-corrected chi connectivity index (χ4v) is 1.67. The lowest BCUT2D eigenvalue weighted by Gasteiger charge is -2.15. The zero-order chi connectivity index (χ0) is 12.0. The minimum atomic E-state index is -0.261. The number of methoxy groups -OCH3 is 1. The first kappa shape index (κ1) is 13.2. The second-order valence-electron chi connectivity index (χ2n) is 3.35. The van der Waals surface area contributed by atoms with Crippen LogP contribution in [0.3, 0.4) is 0 Å². The first-order valence-electron chi connectivity index (χ1n) is 5.15. The normalized spacial score (nSPS) is 12.4. The third-order valence-electron chi connectivity index (χ3n) is 2.18. The van der Waals surface area contributed by atoms with Gasteiger partial charge in [-0.25, -0.2) is 0 Å². The Morgan fingerprint density at radius 2 is 2.50 bits per heavy atom. The highest BCUT2D eigenvalue weighted by molar-refractivity contribution is 9.10. The topological polar surface area (TPSA) is 56.1 Å². The maximum absolute atomic E-state index is 11.8. The molecule has 5 nitrogen and oxygen atoms in total. The molecule has 0 saturated carbocycles. The molecular weight excluding hydrogens is 274 g/mol. The lowest BCUT2D eigenvalue weighted by molar-refractivity contribution is -0.124. The Morgan fingerprint density at radius 1 is 1.75 bits per heavy atom. The average Bonchev–Trinajstić information content (AvgIpc) is 2.66. The first-order valence-corrected chi connectivity index (χ1v) is 5.94. The quantitative estimate of drug-likeness (QED) is 0.805. The SMILES string of the molecule is CCC(C(=O)NCCOC)n1cc(Br)cn1. The molecule has 1 N–H and O–H groups in total. The Hall–Kier alpha value is -0.880. The van der Waals surface area contributed by atoms with Gasteiger partial charge in [0.1, 0.15) is 6.04 Å². The van der Waals surface area contributed by atoms with E-state index in [9.17, 15) is 4.79 Å². The van der Waals surface area contributed by atoms with Crippen molar-refractivity contribution in [2.45, 2.75) is 19.4 Å². The standard InChI is InChI=1S/C10H16BrN3O2/c1-3-9(10(15)12-4-5-16-2)14-7-8(11)6-13-14/h6-7,9H,3-5H2,1-2H3,(H,12,15). The van der Waals surface area contributed by atoms with Gasteiger partial charge < -0.3 is 10.1 Å². The van der Waals surface area contributed by atoms with Crippen molar-refractivity contribution in [2.75, 3.05) is 20.3 Å². The molecule has 0 saturated heterocycles. The number of hydrogen-bond donors (Lipinski definition) is 1. The number of nitrogens with zero attached hydrogens (tertiary/aromatic N) is 2. The van der Waals surface area contributed by atoms with Crippen LogP contribution in [-0.4, -0.2) is 35.9 Å². The van der Waals surface area contributed by atoms with E-state index in [1.54, 1.807) is 24.2 Å². The van der Waals surface area contributed by atoms with E-state index in [2.05, 4.69) is 26.3 Å². The average molecular weight is 290 g/mol. The van der Waals surface area contributed by atoms with Crippen LogP contribution in [0.4, 0.5) is 0 Å². The van der Waals surface area contributed by atoms with Crippen molar-refractivity contribution < 1.29 is 9.53 Å². The molecule has 0 aromatic carbocycles. The molecule has 1 aromatic rings. The molecule has 1 atom stereocenters. The molecule has 1 rings (SSSR count). The molecule has 0 spiro atoms. The molecule has 16 heavy (non-hydrogen) atoms. The number of rotatable bonds is 6. The van der Waals surface area contributed by atoms with Gasteiger partial charge in [0.15, 0.2) is 0 Å². The molecule has 1 heterocycles. The number of halogens is 1. The Bertz CT molecular complexity index is 341. The summed E-state index contributed by atoms with van der Waals surface area (Å²) in [7, 11) is 1.61. The molecule has 0 bridgehead atoms. The number of carbonyl (C=O) groups is 1. The van der Waals surface area contributed by atoms with E-state index in [0.29, 0.717) is 19.6 Å². The molecule has 0 radical (unpaired) electrons. The van der Waals surface area contributed by atoms with Gasteiger partial charge in [-0.05, 0) is 22.4 Å². The lowest BCUT2D eigenvalue weighted by Crippen LogP contribution is -2.34. The second kappa shape index (κ2) is 6.65. The maximum Gasteiger partial charge on any atom is 0.244 e. The molecule has 0 aliphatic heterocycles. The highest BCUT2D eigenvalue weighted by Crippen LogP contribution is 2.14. The monoisotopic (exact) mass is 289 g/mol. The van der Waals surface area contributed by atoms with Gasteiger partial charge in [-0.1, -0.05) is 6.92 Å². The molecule has 6 heteroatoms. The summed E-state index contributed by atoms with van der Waals surface area (Å²) in [5, 5.41) is 6.92. The van der Waals surface area contributed by atoms with Crippen LogP contribution in [0.15, 0.2) is 16.9 Å². The fraction of sp³-hybridized carbons (Fsp3) is 0.600. The van der Waals surface area contributed by atoms with Crippen molar-refractivity contribution in [3.63, 3.8) is 0 Å². The van der Waals surface area contributed by atoms with E-state index in [1.807, 2.05) is 6.92 Å². The Kier molecular flexibility index (Phi) is 5.48. The maximum atomic E-state index is 11.8. The summed E-state index contributed by atoms with van der Waals surface area (Å²) in [6.45, 7) is 3.00. The summed E-state index contributed by atoms with van der Waals surface area (Å²) in [4.78, 5) is 11.8. The number of amides is 1. The van der Waals surface area contributed by atoms with Gasteiger partial charge >= 0.3 is 0 Å². The molecule has 90 valence electrons. The van der Waals surface area contributed by atoms with Crippen molar-refractivity contribution in [1.82, 2.24) is 15.1 Å². The van der Waals surface area contributed by atoms with Crippen LogP contribution in [0.1, 0.15) is 19.4 Å². The van der Waals surface area contributed by atoms with E-state index in [4.69, 9.17) is 4.74 Å². The van der Waals surface area contributed by atoms with E-state index >= 15 is 0 Å². The highest BCUT2D eigenvalue weighted by Gasteiger charge is 2.18. The first-order chi connectivity index (χ1) is 7.69. The van der Waals surface area contributed by atoms with Crippen LogP contribution in [0.25, 0.3) is 0 Å². The minimum Gasteiger partial charge on any atom is -0.383 e. The van der Waals surface area contributed by atoms with Gasteiger partial charge in [-0.15, -0.1) is 0 Å². The number of hydrogen-bond acceptors (Lipinski definition) is 3. The fourth-order valence-electron chi connectivity index (χ4n) is 1.37. The van der Waals surface area contributed by atoms with Crippen LogP contribution in [0.5, 0.6) is 0 Å². The summed E-state index contributed by atoms with van der Waals surface area (Å²) >= 11 is 3.31. The summed E-state index contributed by atoms with van der Waals surface area (Å²) < 4.78 is 7.40. The summed E-state index contributed by atoms with van der Waals surface area (Å²) in [5.41, 5.74) is 0. The number of carbonyl (C=O) groups excluding carboxylic acids is 1. The Balaban J connectivity index is 2.56. The third kappa shape index (κ3) is 3.61. The highest BCUT2D eigenvalue weighted by atomic mass is 79.9. The zero-order valence-corrected chi connectivity index (χ0v) is 11.0. The van der Waals surface area contributed by atoms with E-state index in [1.165, 1.54) is 0 Å². The zero-order valence-electron chi connectivity index (χ0n) is 9.44. The number of nitrogens with one attached hydrogen (secondary N) is 1. The van der Waals surface area contributed by atoms with Gasteiger partial charge in [0, 0.05) is 19.9 Å². The van der Waals surface area contributed by atoms with Crippen molar-refractivity contribution in [3.8, 4) is 0 Å². The van der Waals surface area contributed by atoms with Gasteiger partial charge in [0.05, 0.1) is 17.3 Å². The molecule has 1 aromatic heterocycles. The number of aromatic nitrogens is 2. The van der Waals surface area contributed by atoms with Crippen LogP contribution < -0.4 is 5.32 Å². The Morgan fingerprint density at radius 3 is 3.00 bits per heavy atom. The smallest absolute Gasteiger partial charge is 0.244 e. The van der Waals surface area contributed by atoms with E-state index < -0.39 is 0 Å². The van der Waals surface area contributed by atoms with Crippen molar-refractivity contribution >= 4 is 21.8 Å². The second-order valence-corrected chi connectivity index (χ2v) is 4.26. The summed E-state index contributed by atoms with van der Waals surface area (Å²) in [5.74, 6) is -0.0323. The van der Waals surface area contributed by atoms with Crippen molar-refractivity contribution in [1.29, 1.82) is 0 Å². The molecule has 0 aliphatic carbocycles. The lowest BCUT2D eigenvalue weighted by atomic mass is 10.2. The summed E-state index contributed by atoms with van der Waals surface area (Å²) in [6, 6.07) is -0.261. The van der Waals surface area contributed by atoms with Crippen LogP contribution in [0, 0.1) is 0 Å². The van der Waals surface area contributed by atoms with Gasteiger partial charge in [-0.3, -0.25) is 9.48 Å². The molecular formula is C10H16BrN3O2. The molecule has 1 amide bonds. The van der Waals surface area contributed by atoms with E-state index in [-0.39, 0.29) is 11.9 Å². The van der Waals surface area contributed by atoms with Gasteiger partial charge in [0.25, 0.3) is 0 Å². The Labute approximate surface area is 103 Å². The van der Waals surface area contributed by atoms with Gasteiger partial charge in [-0.2, -0.15) is 5.10 Å². The van der Waals surface area contributed by atoms with E-state index in [0.717, 1.165) is 4.47 Å². The predicted molar refractivity (Wildman–Crippen MR) is 64.1 cm³/mol. The number of ether oxygens (including phenoxy) is 1. The molecule has 1 unspecified atom stereocenters. The van der Waals surface area contributed by atoms with Gasteiger partial charge in [0.2, 0.25) is 5.91 Å². The van der Waals surface area contributed by atoms with Crippen LogP contribution in [0.2, 0.25) is 0 Å². The summed E-state index contributed by atoms with van der Waals surface area (Å²) in [6.07, 6.45) is 4.17. The third-order valence-corrected chi connectivity index (χ3v) is 2.59. The predicted octanol–water partition coefficient (Wildman–Crippen LogP) is 1.36. The minimum absolute atomic E-state index is 0.0323. The van der Waals surface area contributed by atoms with Crippen molar-refractivity contribution in [2.24, 2.45) is 0 Å².